The highest BCUT2D eigenvalue weighted by Crippen LogP contribution is 2.44. The van der Waals surface area contributed by atoms with Gasteiger partial charge in [0, 0.05) is 26.6 Å². The maximum atomic E-state index is 13.0. The smallest absolute Gasteiger partial charge is 0.416 e. The number of piperidine rings is 1. The van der Waals surface area contributed by atoms with Crippen LogP contribution in [-0.4, -0.2) is 48.3 Å². The summed E-state index contributed by atoms with van der Waals surface area (Å²) in [6.07, 6.45) is -3.74. The summed E-state index contributed by atoms with van der Waals surface area (Å²) >= 11 is 0. The van der Waals surface area contributed by atoms with E-state index in [1.54, 1.807) is 0 Å². The van der Waals surface area contributed by atoms with Gasteiger partial charge >= 0.3 is 6.18 Å². The fourth-order valence-corrected chi connectivity index (χ4v) is 4.55. The molecule has 178 valence electrons. The zero-order valence-corrected chi connectivity index (χ0v) is 18.3. The third kappa shape index (κ3) is 5.31. The summed E-state index contributed by atoms with van der Waals surface area (Å²) in [6, 6.07) is 11.1. The highest BCUT2D eigenvalue weighted by atomic mass is 19.4. The molecule has 1 fully saturated rings. The van der Waals surface area contributed by atoms with E-state index in [0.717, 1.165) is 44.1 Å². The van der Waals surface area contributed by atoms with Crippen LogP contribution >= 0.6 is 0 Å². The lowest BCUT2D eigenvalue weighted by atomic mass is 9.84. The molecule has 1 saturated heterocycles. The number of nitrogens with zero attached hydrogens (tertiary/aromatic N) is 1. The van der Waals surface area contributed by atoms with Gasteiger partial charge in [-0.1, -0.05) is 24.3 Å². The number of hydrogen-bond donors (Lipinski definition) is 2. The van der Waals surface area contributed by atoms with Crippen molar-refractivity contribution in [2.24, 2.45) is 0 Å². The molecule has 4 rings (SSSR count). The first kappa shape index (κ1) is 23.5. The molecule has 0 bridgehead atoms. The maximum Gasteiger partial charge on any atom is 0.416 e. The van der Waals surface area contributed by atoms with Gasteiger partial charge < -0.3 is 24.8 Å². The Morgan fingerprint density at radius 3 is 2.67 bits per heavy atom. The molecule has 2 aromatic carbocycles. The van der Waals surface area contributed by atoms with E-state index >= 15 is 0 Å². The number of halogens is 3. The molecule has 0 aliphatic carbocycles. The molecule has 1 atom stereocenters. The quantitative estimate of drug-likeness (QED) is 0.678. The van der Waals surface area contributed by atoms with Crippen LogP contribution < -0.4 is 10.1 Å². The van der Waals surface area contributed by atoms with Crippen molar-refractivity contribution in [3.05, 3.63) is 59.2 Å². The first-order valence-corrected chi connectivity index (χ1v) is 10.9. The van der Waals surface area contributed by atoms with Crippen molar-refractivity contribution in [1.82, 2.24) is 4.90 Å². The lowest BCUT2D eigenvalue weighted by Crippen LogP contribution is -2.46. The van der Waals surface area contributed by atoms with Crippen molar-refractivity contribution in [3.63, 3.8) is 0 Å². The van der Waals surface area contributed by atoms with E-state index in [4.69, 9.17) is 9.47 Å². The average molecular weight is 464 g/mol. The predicted octanol–water partition coefficient (Wildman–Crippen LogP) is 3.93. The number of fused-ring (bicyclic) bond motifs is 2. The van der Waals surface area contributed by atoms with Crippen molar-refractivity contribution >= 4 is 11.6 Å². The summed E-state index contributed by atoms with van der Waals surface area (Å²) in [5, 5.41) is 12.8. The average Bonchev–Trinajstić information content (AvgIpc) is 3.12. The number of aliphatic hydroxyl groups excluding tert-OH is 1. The second kappa shape index (κ2) is 9.32. The van der Waals surface area contributed by atoms with Crippen LogP contribution in [0.3, 0.4) is 0 Å². The van der Waals surface area contributed by atoms with E-state index in [9.17, 15) is 23.1 Å². The van der Waals surface area contributed by atoms with Gasteiger partial charge in [0.25, 0.3) is 0 Å². The number of rotatable bonds is 6. The molecule has 2 aliphatic heterocycles. The molecule has 0 unspecified atom stereocenters. The molecule has 2 heterocycles. The number of hydrogen-bond acceptors (Lipinski definition) is 5. The Bertz CT molecular complexity index is 1000. The van der Waals surface area contributed by atoms with Crippen LogP contribution in [0.25, 0.3) is 0 Å². The molecule has 9 heteroatoms. The molecule has 2 N–H and O–H groups in total. The Balaban J connectivity index is 1.32. The van der Waals surface area contributed by atoms with Gasteiger partial charge in [-0.2, -0.15) is 13.2 Å². The van der Waals surface area contributed by atoms with Gasteiger partial charge in [-0.3, -0.25) is 4.79 Å². The predicted molar refractivity (Wildman–Crippen MR) is 116 cm³/mol. The van der Waals surface area contributed by atoms with E-state index in [2.05, 4.69) is 22.3 Å². The Hall–Kier alpha value is -2.62. The van der Waals surface area contributed by atoms with E-state index in [1.807, 2.05) is 12.1 Å². The van der Waals surface area contributed by atoms with Gasteiger partial charge in [0.2, 0.25) is 5.91 Å². The summed E-state index contributed by atoms with van der Waals surface area (Å²) in [5.74, 6) is -0.441. The molecule has 6 nitrogen and oxygen atoms in total. The minimum atomic E-state index is -4.54. The minimum absolute atomic E-state index is 0.0748. The fourth-order valence-electron chi connectivity index (χ4n) is 4.55. The zero-order chi connectivity index (χ0) is 23.6. The van der Waals surface area contributed by atoms with Crippen molar-refractivity contribution in [3.8, 4) is 5.75 Å². The topological polar surface area (TPSA) is 71.0 Å². The van der Waals surface area contributed by atoms with Crippen LogP contribution in [0.2, 0.25) is 0 Å². The van der Waals surface area contributed by atoms with Gasteiger partial charge in [0.1, 0.15) is 18.5 Å². The lowest BCUT2D eigenvalue weighted by Gasteiger charge is -2.39. The van der Waals surface area contributed by atoms with E-state index in [1.165, 1.54) is 18.1 Å². The molecular weight excluding hydrogens is 437 g/mol. The second-order valence-corrected chi connectivity index (χ2v) is 8.60. The van der Waals surface area contributed by atoms with Crippen LogP contribution in [0.1, 0.15) is 36.5 Å². The van der Waals surface area contributed by atoms with Crippen molar-refractivity contribution < 1.29 is 32.5 Å². The number of benzene rings is 2. The van der Waals surface area contributed by atoms with Crippen molar-refractivity contribution in [1.29, 1.82) is 0 Å². The lowest BCUT2D eigenvalue weighted by molar-refractivity contribution is -0.137. The van der Waals surface area contributed by atoms with Crippen molar-refractivity contribution in [2.75, 3.05) is 31.6 Å². The standard InChI is InChI=1S/C24H27F3N2O4/c1-16(30)28-21-12-18(24(25,26)27)6-7-22(21)32-15-19(31)13-29-10-8-23(9-11-29)20-5-3-2-4-17(20)14-33-23/h2-7,12,19,31H,8-11,13-15H2,1H3,(H,28,30)/t19-/m0/s1. The number of anilines is 1. The van der Waals surface area contributed by atoms with E-state index in [0.29, 0.717) is 13.2 Å². The molecule has 2 aliphatic rings. The van der Waals surface area contributed by atoms with Gasteiger partial charge in [-0.25, -0.2) is 0 Å². The van der Waals surface area contributed by atoms with Crippen LogP contribution in [0.5, 0.6) is 5.75 Å². The van der Waals surface area contributed by atoms with E-state index < -0.39 is 23.8 Å². The number of likely N-dealkylation sites (tertiary alicyclic amines) is 1. The van der Waals surface area contributed by atoms with Gasteiger partial charge in [0.05, 0.1) is 23.5 Å². The highest BCUT2D eigenvalue weighted by molar-refractivity contribution is 5.90. The number of aliphatic hydroxyl groups is 1. The Kier molecular flexibility index (Phi) is 6.65. The summed E-state index contributed by atoms with van der Waals surface area (Å²) in [6.45, 7) is 3.59. The summed E-state index contributed by atoms with van der Waals surface area (Å²) in [4.78, 5) is 13.5. The van der Waals surface area contributed by atoms with Gasteiger partial charge in [0.15, 0.2) is 0 Å². The summed E-state index contributed by atoms with van der Waals surface area (Å²) in [5.41, 5.74) is 1.24. The Labute approximate surface area is 190 Å². The highest BCUT2D eigenvalue weighted by Gasteiger charge is 2.42. The second-order valence-electron chi connectivity index (χ2n) is 8.60. The number of carbonyl (C=O) groups is 1. The monoisotopic (exact) mass is 464 g/mol. The molecule has 0 saturated carbocycles. The number of amides is 1. The Morgan fingerprint density at radius 1 is 1.24 bits per heavy atom. The maximum absolute atomic E-state index is 13.0. The number of nitrogens with one attached hydrogen (secondary N) is 1. The normalized spacial score (nSPS) is 18.7. The molecule has 0 aromatic heterocycles. The van der Waals surface area contributed by atoms with Crippen molar-refractivity contribution in [2.45, 2.75) is 44.3 Å². The molecule has 0 radical (unpaired) electrons. The summed E-state index contributed by atoms with van der Waals surface area (Å²) in [7, 11) is 0. The molecular formula is C24H27F3N2O4. The molecule has 33 heavy (non-hydrogen) atoms. The number of β-amino-alcohol motifs (C(OH)–C–C–N with tert-alkyl or cyclic N) is 1. The Morgan fingerprint density at radius 2 is 1.97 bits per heavy atom. The minimum Gasteiger partial charge on any atom is -0.489 e. The van der Waals surface area contributed by atoms with Gasteiger partial charge in [-0.05, 0) is 42.2 Å². The number of carbonyl (C=O) groups excluding carboxylic acids is 1. The largest absolute Gasteiger partial charge is 0.489 e. The SMILES string of the molecule is CC(=O)Nc1cc(C(F)(F)F)ccc1OC[C@@H](O)CN1CCC2(CC1)OCc1ccccc12. The molecule has 1 spiro atoms. The van der Waals surface area contributed by atoms with Gasteiger partial charge in [-0.15, -0.1) is 0 Å². The number of ether oxygens (including phenoxy) is 2. The fraction of sp³-hybridized carbons (Fsp3) is 0.458. The first-order chi connectivity index (χ1) is 15.7. The van der Waals surface area contributed by atoms with Crippen LogP contribution in [0.4, 0.5) is 18.9 Å². The van der Waals surface area contributed by atoms with Crippen LogP contribution in [-0.2, 0) is 27.9 Å². The molecule has 1 amide bonds. The van der Waals surface area contributed by atoms with Crippen LogP contribution in [0, 0.1) is 0 Å². The first-order valence-electron chi connectivity index (χ1n) is 10.9. The van der Waals surface area contributed by atoms with E-state index in [-0.39, 0.29) is 23.6 Å². The van der Waals surface area contributed by atoms with Crippen LogP contribution in [0.15, 0.2) is 42.5 Å². The summed E-state index contributed by atoms with van der Waals surface area (Å²) < 4.78 is 50.7. The zero-order valence-electron chi connectivity index (χ0n) is 18.3. The number of alkyl halides is 3. The third-order valence-electron chi connectivity index (χ3n) is 6.19. The molecule has 2 aromatic rings. The third-order valence-corrected chi connectivity index (χ3v) is 6.19.